The first kappa shape index (κ1) is 22.6. The summed E-state index contributed by atoms with van der Waals surface area (Å²) in [4.78, 5) is 11.0. The Kier molecular flexibility index (Phi) is 7.52. The predicted molar refractivity (Wildman–Crippen MR) is 100 cm³/mol. The largest absolute Gasteiger partial charge is 1.00 e. The summed E-state index contributed by atoms with van der Waals surface area (Å²) in [7, 11) is -3.74. The van der Waals surface area contributed by atoms with Crippen molar-refractivity contribution >= 4 is 33.1 Å². The molecule has 0 aliphatic heterocycles. The molecule has 0 saturated carbocycles. The molecule has 10 heteroatoms. The normalized spacial score (nSPS) is 11.0. The molecule has 0 aliphatic carbocycles. The van der Waals surface area contributed by atoms with Crippen LogP contribution in [0.4, 0.5) is 17.1 Å². The van der Waals surface area contributed by atoms with Crippen molar-refractivity contribution in [2.45, 2.75) is 4.90 Å². The van der Waals surface area contributed by atoms with E-state index >= 15 is 0 Å². The molecular weight excluding hydrogens is 405 g/mol. The van der Waals surface area contributed by atoms with Crippen LogP contribution in [0.2, 0.25) is 0 Å². The van der Waals surface area contributed by atoms with Crippen LogP contribution in [0, 0.1) is 0 Å². The maximum atomic E-state index is 12.4. The standard InChI is InChI=1S/C19H15N3O5S.Na/c23-18-11-8-15(12-17(18)19(24)25)21-20-13-6-9-16(10-7-13)28(26,27)22-14-4-2-1-3-5-14;/h1-12,22-23H,(H,24,25);/q;+1/p-1. The van der Waals surface area contributed by atoms with Crippen LogP contribution in [0.25, 0.3) is 0 Å². The van der Waals surface area contributed by atoms with E-state index in [2.05, 4.69) is 15.0 Å². The van der Waals surface area contributed by atoms with Crippen molar-refractivity contribution in [3.05, 3.63) is 78.4 Å². The Balaban J connectivity index is 0.00000300. The van der Waals surface area contributed by atoms with E-state index < -0.39 is 27.3 Å². The third kappa shape index (κ3) is 5.88. The van der Waals surface area contributed by atoms with Gasteiger partial charge in [0.2, 0.25) is 0 Å². The van der Waals surface area contributed by atoms with Crippen LogP contribution in [-0.4, -0.2) is 19.5 Å². The number of hydrogen-bond acceptors (Lipinski definition) is 7. The monoisotopic (exact) mass is 419 g/mol. The molecule has 3 aromatic rings. The smallest absolute Gasteiger partial charge is 0.545 e. The van der Waals surface area contributed by atoms with Crippen molar-refractivity contribution in [2.75, 3.05) is 4.72 Å². The number of azo groups is 1. The van der Waals surface area contributed by atoms with Crippen LogP contribution in [-0.2, 0) is 10.0 Å². The number of carbonyl (C=O) groups is 1. The van der Waals surface area contributed by atoms with E-state index in [0.29, 0.717) is 11.4 Å². The van der Waals surface area contributed by atoms with Gasteiger partial charge in [0.1, 0.15) is 5.75 Å². The molecular formula is C19H14N3NaO5S. The molecule has 0 bridgehead atoms. The number of phenols is 1. The molecule has 2 N–H and O–H groups in total. The third-order valence-electron chi connectivity index (χ3n) is 3.65. The number of hydrogen-bond donors (Lipinski definition) is 2. The van der Waals surface area contributed by atoms with E-state index in [0.717, 1.165) is 6.07 Å². The molecule has 3 aromatic carbocycles. The first-order valence-corrected chi connectivity index (χ1v) is 9.47. The van der Waals surface area contributed by atoms with Gasteiger partial charge in [0.05, 0.1) is 22.2 Å². The Labute approximate surface area is 189 Å². The minimum absolute atomic E-state index is 0. The summed E-state index contributed by atoms with van der Waals surface area (Å²) in [5.74, 6) is -1.96. The molecule has 0 atom stereocenters. The second kappa shape index (κ2) is 9.66. The minimum Gasteiger partial charge on any atom is -0.545 e. The van der Waals surface area contributed by atoms with Gasteiger partial charge in [0, 0.05) is 11.3 Å². The number of carboxylic acids is 1. The number of benzene rings is 3. The summed E-state index contributed by atoms with van der Waals surface area (Å²) < 4.78 is 27.2. The summed E-state index contributed by atoms with van der Waals surface area (Å²) >= 11 is 0. The molecule has 29 heavy (non-hydrogen) atoms. The Morgan fingerprint density at radius 2 is 1.48 bits per heavy atom. The molecule has 8 nitrogen and oxygen atoms in total. The van der Waals surface area contributed by atoms with Gasteiger partial charge in [-0.05, 0) is 54.6 Å². The second-order valence-electron chi connectivity index (χ2n) is 5.65. The van der Waals surface area contributed by atoms with Gasteiger partial charge in [-0.3, -0.25) is 4.72 Å². The van der Waals surface area contributed by atoms with Gasteiger partial charge in [-0.25, -0.2) is 8.42 Å². The Morgan fingerprint density at radius 3 is 2.10 bits per heavy atom. The van der Waals surface area contributed by atoms with Crippen LogP contribution in [0.5, 0.6) is 5.75 Å². The summed E-state index contributed by atoms with van der Waals surface area (Å²) in [6, 6.07) is 17.8. The molecule has 0 saturated heterocycles. The topological polar surface area (TPSA) is 131 Å². The van der Waals surface area contributed by atoms with Gasteiger partial charge in [-0.15, -0.1) is 0 Å². The fourth-order valence-electron chi connectivity index (χ4n) is 2.28. The first-order valence-electron chi connectivity index (χ1n) is 7.99. The van der Waals surface area contributed by atoms with E-state index in [1.54, 1.807) is 30.3 Å². The number of anilines is 1. The van der Waals surface area contributed by atoms with E-state index in [1.165, 1.54) is 36.4 Å². The summed E-state index contributed by atoms with van der Waals surface area (Å²) in [6.45, 7) is 0. The molecule has 0 spiro atoms. The number of para-hydroxylation sites is 1. The number of carboxylic acid groups (broad SMARTS) is 1. The quantitative estimate of drug-likeness (QED) is 0.428. The van der Waals surface area contributed by atoms with Crippen molar-refractivity contribution < 1.29 is 53.0 Å². The zero-order valence-electron chi connectivity index (χ0n) is 15.3. The average Bonchev–Trinajstić information content (AvgIpc) is 2.68. The summed E-state index contributed by atoms with van der Waals surface area (Å²) in [5.41, 5.74) is 0.605. The number of carbonyl (C=O) groups excluding carboxylic acids is 1. The second-order valence-corrected chi connectivity index (χ2v) is 7.34. The Bertz CT molecular complexity index is 1130. The molecule has 0 heterocycles. The van der Waals surface area contributed by atoms with E-state index in [1.807, 2.05) is 0 Å². The first-order chi connectivity index (χ1) is 13.3. The van der Waals surface area contributed by atoms with Crippen molar-refractivity contribution in [1.82, 2.24) is 0 Å². The fraction of sp³-hybridized carbons (Fsp3) is 0. The predicted octanol–water partition coefficient (Wildman–Crippen LogP) is -0.0241. The number of aromatic carboxylic acids is 1. The average molecular weight is 419 g/mol. The van der Waals surface area contributed by atoms with E-state index in [9.17, 15) is 23.4 Å². The molecule has 0 amide bonds. The summed E-state index contributed by atoms with van der Waals surface area (Å²) in [6.07, 6.45) is 0. The van der Waals surface area contributed by atoms with Crippen molar-refractivity contribution in [2.24, 2.45) is 10.2 Å². The minimum atomic E-state index is -3.74. The van der Waals surface area contributed by atoms with Crippen LogP contribution in [0.15, 0.2) is 87.9 Å². The zero-order chi connectivity index (χ0) is 20.1. The number of rotatable bonds is 6. The molecule has 3 rings (SSSR count). The number of nitrogens with one attached hydrogen (secondary N) is 1. The molecule has 142 valence electrons. The number of aromatic hydroxyl groups is 1. The molecule has 0 aromatic heterocycles. The van der Waals surface area contributed by atoms with E-state index in [-0.39, 0.29) is 40.1 Å². The van der Waals surface area contributed by atoms with Gasteiger partial charge in [0.15, 0.2) is 0 Å². The van der Waals surface area contributed by atoms with Crippen LogP contribution in [0.3, 0.4) is 0 Å². The van der Waals surface area contributed by atoms with Gasteiger partial charge in [0.25, 0.3) is 10.0 Å². The fourth-order valence-corrected chi connectivity index (χ4v) is 3.34. The van der Waals surface area contributed by atoms with Gasteiger partial charge < -0.3 is 15.0 Å². The summed E-state index contributed by atoms with van der Waals surface area (Å²) in [5, 5.41) is 28.2. The molecule has 0 fully saturated rings. The van der Waals surface area contributed by atoms with E-state index in [4.69, 9.17) is 0 Å². The molecule has 0 radical (unpaired) electrons. The third-order valence-corrected chi connectivity index (χ3v) is 5.05. The molecule has 0 unspecified atom stereocenters. The Morgan fingerprint density at radius 1 is 0.897 bits per heavy atom. The van der Waals surface area contributed by atoms with Crippen LogP contribution < -0.4 is 39.4 Å². The van der Waals surface area contributed by atoms with Crippen LogP contribution >= 0.6 is 0 Å². The maximum Gasteiger partial charge on any atom is 1.00 e. The van der Waals surface area contributed by atoms with Gasteiger partial charge in [-0.1, -0.05) is 18.2 Å². The Hall–Kier alpha value is -2.72. The number of sulfonamides is 1. The zero-order valence-corrected chi connectivity index (χ0v) is 18.1. The van der Waals surface area contributed by atoms with Crippen molar-refractivity contribution in [3.8, 4) is 5.75 Å². The van der Waals surface area contributed by atoms with Crippen LogP contribution in [0.1, 0.15) is 10.4 Å². The maximum absolute atomic E-state index is 12.4. The molecule has 0 aliphatic rings. The SMILES string of the molecule is O=C([O-])c1cc(N=Nc2ccc(S(=O)(=O)Nc3ccccc3)cc2)ccc1O.[Na+]. The number of nitrogens with zero attached hydrogens (tertiary/aromatic N) is 2. The van der Waals surface area contributed by atoms with Gasteiger partial charge in [-0.2, -0.15) is 10.2 Å². The van der Waals surface area contributed by atoms with Crippen molar-refractivity contribution in [3.63, 3.8) is 0 Å². The van der Waals surface area contributed by atoms with Gasteiger partial charge >= 0.3 is 29.6 Å². The van der Waals surface area contributed by atoms with Crippen molar-refractivity contribution in [1.29, 1.82) is 0 Å².